The zero-order valence-corrected chi connectivity index (χ0v) is 21.5. The second kappa shape index (κ2) is 12.2. The molecule has 0 fully saturated rings. The molecular formula is C16H21I3N2O8. The van der Waals surface area contributed by atoms with Crippen LogP contribution < -0.4 is 10.2 Å². The fourth-order valence-corrected chi connectivity index (χ4v) is 6.97. The molecule has 0 radical (unpaired) electrons. The third-order valence-corrected chi connectivity index (χ3v) is 7.49. The van der Waals surface area contributed by atoms with Crippen LogP contribution in [0, 0.1) is 10.7 Å². The van der Waals surface area contributed by atoms with Gasteiger partial charge in [-0.2, -0.15) is 0 Å². The van der Waals surface area contributed by atoms with E-state index in [0.717, 1.165) is 4.90 Å². The van der Waals surface area contributed by atoms with E-state index in [2.05, 4.69) is 5.32 Å². The average Bonchev–Trinajstić information content (AvgIpc) is 2.71. The van der Waals surface area contributed by atoms with Gasteiger partial charge in [0.05, 0.1) is 47.9 Å². The van der Waals surface area contributed by atoms with Crippen molar-refractivity contribution in [2.45, 2.75) is 12.1 Å². The minimum Gasteiger partial charge on any atom is -0.395 e. The molecule has 0 heterocycles. The summed E-state index contributed by atoms with van der Waals surface area (Å²) in [4.78, 5) is 26.3. The number of halogens is 3. The molecule has 7 N–H and O–H groups in total. The van der Waals surface area contributed by atoms with Crippen LogP contribution in [0.1, 0.15) is 15.9 Å². The molecule has 0 atom stereocenters. The van der Waals surface area contributed by atoms with E-state index in [-0.39, 0.29) is 17.8 Å². The highest BCUT2D eigenvalue weighted by Gasteiger charge is 2.34. The topological polar surface area (TPSA) is 171 Å². The van der Waals surface area contributed by atoms with Crippen molar-refractivity contribution in [3.8, 4) is 0 Å². The lowest BCUT2D eigenvalue weighted by Crippen LogP contribution is -2.57. The molecule has 29 heavy (non-hydrogen) atoms. The van der Waals surface area contributed by atoms with E-state index < -0.39 is 57.0 Å². The third kappa shape index (κ3) is 5.88. The zero-order valence-electron chi connectivity index (χ0n) is 15.0. The van der Waals surface area contributed by atoms with Crippen LogP contribution in [0.4, 0.5) is 5.69 Å². The number of amides is 2. The third-order valence-electron chi connectivity index (χ3n) is 4.09. The molecule has 164 valence electrons. The Hall–Kier alpha value is 0.110. The highest BCUT2D eigenvalue weighted by molar-refractivity contribution is 14.1. The number of carbonyl (C=O) groups excluding carboxylic acids is 2. The SMILES string of the molecule is O=C(NC(CO)(CO)CO)c1c(I)c(CO)c(I)c(N(CCO)C(=O)CO)c1I. The normalized spacial score (nSPS) is 11.5. The van der Waals surface area contributed by atoms with Gasteiger partial charge in [-0.1, -0.05) is 0 Å². The smallest absolute Gasteiger partial charge is 0.254 e. The van der Waals surface area contributed by atoms with Gasteiger partial charge in [0.2, 0.25) is 0 Å². The molecule has 13 heteroatoms. The number of nitrogens with one attached hydrogen (secondary N) is 1. The maximum absolute atomic E-state index is 13.0. The number of nitrogens with zero attached hydrogens (tertiary/aromatic N) is 1. The van der Waals surface area contributed by atoms with E-state index in [1.54, 1.807) is 0 Å². The number of carbonyl (C=O) groups is 2. The van der Waals surface area contributed by atoms with E-state index in [0.29, 0.717) is 16.3 Å². The van der Waals surface area contributed by atoms with Crippen molar-refractivity contribution in [1.82, 2.24) is 5.32 Å². The van der Waals surface area contributed by atoms with Gasteiger partial charge in [-0.05, 0) is 67.8 Å². The number of rotatable bonds is 10. The predicted octanol–water partition coefficient (Wildman–Crippen LogP) is -1.24. The molecule has 0 aromatic heterocycles. The van der Waals surface area contributed by atoms with Crippen LogP contribution in [0.5, 0.6) is 0 Å². The van der Waals surface area contributed by atoms with Gasteiger partial charge < -0.3 is 40.9 Å². The lowest BCUT2D eigenvalue weighted by atomic mass is 10.0. The Kier molecular flexibility index (Phi) is 11.4. The first-order valence-electron chi connectivity index (χ1n) is 8.15. The van der Waals surface area contributed by atoms with Crippen molar-refractivity contribution in [2.75, 3.05) is 44.5 Å². The summed E-state index contributed by atoms with van der Waals surface area (Å²) in [5.74, 6) is -1.45. The Morgan fingerprint density at radius 3 is 1.86 bits per heavy atom. The van der Waals surface area contributed by atoms with E-state index >= 15 is 0 Å². The van der Waals surface area contributed by atoms with E-state index in [4.69, 9.17) is 0 Å². The molecule has 1 aromatic carbocycles. The highest BCUT2D eigenvalue weighted by Crippen LogP contribution is 2.38. The quantitative estimate of drug-likeness (QED) is 0.146. The number of benzene rings is 1. The summed E-state index contributed by atoms with van der Waals surface area (Å²) in [6.45, 7) is -3.98. The number of aliphatic hydroxyl groups is 6. The van der Waals surface area contributed by atoms with E-state index in [1.165, 1.54) is 0 Å². The van der Waals surface area contributed by atoms with Crippen LogP contribution in [0.2, 0.25) is 0 Å². The van der Waals surface area contributed by atoms with Crippen LogP contribution in [-0.2, 0) is 11.4 Å². The monoisotopic (exact) mass is 750 g/mol. The standard InChI is InChI=1S/C16H21I3N2O8/c17-11-8(3-23)12(18)14(21(1-2-22)9(28)4-24)13(19)10(11)15(29)20-16(5-25,6-26)7-27/h22-27H,1-7H2,(H,20,29). The molecule has 1 rings (SSSR count). The van der Waals surface area contributed by atoms with Crippen molar-refractivity contribution < 1.29 is 40.2 Å². The summed E-state index contributed by atoms with van der Waals surface area (Å²) >= 11 is 5.61. The Labute approximate surface area is 207 Å². The van der Waals surface area contributed by atoms with Crippen molar-refractivity contribution in [2.24, 2.45) is 0 Å². The number of anilines is 1. The number of hydrogen-bond acceptors (Lipinski definition) is 8. The van der Waals surface area contributed by atoms with E-state index in [9.17, 15) is 40.2 Å². The largest absolute Gasteiger partial charge is 0.395 e. The Morgan fingerprint density at radius 2 is 1.45 bits per heavy atom. The molecule has 1 aromatic rings. The second-order valence-electron chi connectivity index (χ2n) is 5.94. The van der Waals surface area contributed by atoms with Gasteiger partial charge >= 0.3 is 0 Å². The summed E-state index contributed by atoms with van der Waals surface area (Å²) in [7, 11) is 0. The molecule has 0 aliphatic heterocycles. The van der Waals surface area contributed by atoms with Crippen molar-refractivity contribution in [1.29, 1.82) is 0 Å². The van der Waals surface area contributed by atoms with Crippen LogP contribution in [0.25, 0.3) is 0 Å². The second-order valence-corrected chi connectivity index (χ2v) is 9.17. The lowest BCUT2D eigenvalue weighted by molar-refractivity contribution is -0.121. The fourth-order valence-electron chi connectivity index (χ4n) is 2.39. The van der Waals surface area contributed by atoms with Crippen molar-refractivity contribution in [3.63, 3.8) is 0 Å². The molecule has 10 nitrogen and oxygen atoms in total. The molecule has 0 spiro atoms. The van der Waals surface area contributed by atoms with Crippen LogP contribution in [0.3, 0.4) is 0 Å². The van der Waals surface area contributed by atoms with Gasteiger partial charge in [-0.15, -0.1) is 0 Å². The first-order chi connectivity index (χ1) is 13.7. The maximum atomic E-state index is 13.0. The summed E-state index contributed by atoms with van der Waals surface area (Å²) in [6.07, 6.45) is 0. The summed E-state index contributed by atoms with van der Waals surface area (Å²) in [5, 5.41) is 59.3. The molecule has 0 aliphatic carbocycles. The molecule has 0 saturated heterocycles. The number of aliphatic hydroxyl groups excluding tert-OH is 6. The van der Waals surface area contributed by atoms with Gasteiger partial charge in [-0.25, -0.2) is 0 Å². The van der Waals surface area contributed by atoms with Gasteiger partial charge in [0, 0.05) is 19.2 Å². The molecule has 2 amide bonds. The van der Waals surface area contributed by atoms with Gasteiger partial charge in [0.15, 0.2) is 0 Å². The lowest BCUT2D eigenvalue weighted by Gasteiger charge is -2.31. The van der Waals surface area contributed by atoms with Crippen molar-refractivity contribution >= 4 is 85.3 Å². The van der Waals surface area contributed by atoms with Gasteiger partial charge in [0.1, 0.15) is 12.1 Å². The van der Waals surface area contributed by atoms with Crippen molar-refractivity contribution in [3.05, 3.63) is 21.8 Å². The maximum Gasteiger partial charge on any atom is 0.254 e. The van der Waals surface area contributed by atoms with Crippen LogP contribution in [-0.4, -0.2) is 87.6 Å². The Balaban J connectivity index is 3.72. The fraction of sp³-hybridized carbons (Fsp3) is 0.500. The Morgan fingerprint density at radius 1 is 0.897 bits per heavy atom. The van der Waals surface area contributed by atoms with Crippen LogP contribution in [0.15, 0.2) is 0 Å². The molecule has 0 unspecified atom stereocenters. The van der Waals surface area contributed by atoms with Crippen LogP contribution >= 0.6 is 67.8 Å². The summed E-state index contributed by atoms with van der Waals surface area (Å²) in [6, 6.07) is 0. The minimum atomic E-state index is -1.67. The van der Waals surface area contributed by atoms with Gasteiger partial charge in [0.25, 0.3) is 11.8 Å². The zero-order chi connectivity index (χ0) is 22.4. The molecule has 0 aliphatic rings. The molecular weight excluding hydrogens is 729 g/mol. The first kappa shape index (κ1) is 27.1. The van der Waals surface area contributed by atoms with Gasteiger partial charge in [-0.3, -0.25) is 9.59 Å². The summed E-state index contributed by atoms with van der Waals surface area (Å²) in [5.41, 5.74) is -1.03. The Bertz CT molecular complexity index is 750. The highest BCUT2D eigenvalue weighted by atomic mass is 127. The number of hydrogen-bond donors (Lipinski definition) is 7. The summed E-state index contributed by atoms with van der Waals surface area (Å²) < 4.78 is 1.13. The molecule has 0 saturated carbocycles. The minimum absolute atomic E-state index is 0.0547. The average molecular weight is 750 g/mol. The first-order valence-corrected chi connectivity index (χ1v) is 11.4. The van der Waals surface area contributed by atoms with E-state index in [1.807, 2.05) is 67.8 Å². The molecule has 0 bridgehead atoms. The predicted molar refractivity (Wildman–Crippen MR) is 128 cm³/mol.